The van der Waals surface area contributed by atoms with Crippen LogP contribution in [0.15, 0.2) is 110 Å². The van der Waals surface area contributed by atoms with Crippen molar-refractivity contribution in [3.05, 3.63) is 127 Å². The van der Waals surface area contributed by atoms with Crippen molar-refractivity contribution >= 4 is 33.4 Å². The number of hydrogen-bond donors (Lipinski definition) is 2. The van der Waals surface area contributed by atoms with Gasteiger partial charge in [0.2, 0.25) is 0 Å². The number of aromatic nitrogens is 3. The third-order valence-electron chi connectivity index (χ3n) is 10.0. The van der Waals surface area contributed by atoms with E-state index in [1.807, 2.05) is 59.4 Å². The number of nitrogens with zero attached hydrogens (tertiary/aromatic N) is 3. The number of hydrogen-bond acceptors (Lipinski definition) is 6. The van der Waals surface area contributed by atoms with Crippen molar-refractivity contribution < 1.29 is 19.1 Å². The number of carbonyl (C=O) groups is 2. The topological polar surface area (TPSA) is 101 Å². The molecule has 9 heteroatoms. The van der Waals surface area contributed by atoms with E-state index in [1.54, 1.807) is 31.6 Å². The number of benzene rings is 4. The fraction of sp³-hybridized carbons (Fsp3) is 0.293. The number of imidazole rings is 1. The van der Waals surface area contributed by atoms with E-state index < -0.39 is 12.0 Å². The number of likely N-dealkylation sites (N-methyl/N-ethyl adjacent to an activating group) is 1. The lowest BCUT2D eigenvalue weighted by molar-refractivity contribution is -0.154. The zero-order valence-corrected chi connectivity index (χ0v) is 28.5. The summed E-state index contributed by atoms with van der Waals surface area (Å²) in [5.41, 5.74) is 4.05. The Morgan fingerprint density at radius 1 is 0.900 bits per heavy atom. The van der Waals surface area contributed by atoms with Gasteiger partial charge in [-0.3, -0.25) is 9.59 Å². The average molecular weight is 670 g/mol. The Bertz CT molecular complexity index is 2070. The normalized spacial score (nSPS) is 14.8. The fourth-order valence-corrected chi connectivity index (χ4v) is 7.43. The number of rotatable bonds is 12. The van der Waals surface area contributed by atoms with Gasteiger partial charge >= 0.3 is 5.97 Å². The van der Waals surface area contributed by atoms with E-state index in [0.717, 1.165) is 69.9 Å². The zero-order valence-electron chi connectivity index (χ0n) is 28.5. The molecule has 256 valence electrons. The molecule has 0 aliphatic carbocycles. The van der Waals surface area contributed by atoms with Crippen LogP contribution in [0.4, 0.5) is 0 Å². The van der Waals surface area contributed by atoms with Gasteiger partial charge in [0.1, 0.15) is 6.61 Å². The molecule has 0 saturated carbocycles. The molecule has 4 aromatic carbocycles. The van der Waals surface area contributed by atoms with E-state index in [4.69, 9.17) is 9.47 Å². The fourth-order valence-electron chi connectivity index (χ4n) is 7.43. The van der Waals surface area contributed by atoms with Crippen LogP contribution < -0.4 is 5.32 Å². The summed E-state index contributed by atoms with van der Waals surface area (Å²) in [6, 6.07) is 28.1. The molecule has 7 rings (SSSR count). The number of aromatic amines is 1. The van der Waals surface area contributed by atoms with Crippen LogP contribution in [0, 0.1) is 11.8 Å². The van der Waals surface area contributed by atoms with E-state index in [1.165, 1.54) is 0 Å². The number of nitrogens with one attached hydrogen (secondary N) is 2. The van der Waals surface area contributed by atoms with Crippen LogP contribution in [0.25, 0.3) is 32.7 Å². The number of ether oxygens (including phenoxy) is 2. The second-order valence-electron chi connectivity index (χ2n) is 13.1. The molecule has 2 N–H and O–H groups in total. The van der Waals surface area contributed by atoms with E-state index in [0.29, 0.717) is 18.7 Å². The van der Waals surface area contributed by atoms with Crippen molar-refractivity contribution in [3.63, 3.8) is 0 Å². The molecule has 1 amide bonds. The van der Waals surface area contributed by atoms with Crippen LogP contribution in [-0.2, 0) is 20.9 Å². The predicted molar refractivity (Wildman–Crippen MR) is 196 cm³/mol. The first-order valence-corrected chi connectivity index (χ1v) is 17.3. The number of esters is 1. The maximum atomic E-state index is 14.6. The lowest BCUT2D eigenvalue weighted by Crippen LogP contribution is -2.40. The van der Waals surface area contributed by atoms with Gasteiger partial charge in [0.05, 0.1) is 42.3 Å². The van der Waals surface area contributed by atoms with Crippen LogP contribution in [0.1, 0.15) is 40.5 Å². The minimum Gasteiger partial charge on any atom is -0.460 e. The summed E-state index contributed by atoms with van der Waals surface area (Å²) in [4.78, 5) is 38.2. The molecular weight excluding hydrogens is 626 g/mol. The molecule has 0 spiro atoms. The minimum absolute atomic E-state index is 0.0384. The first-order chi connectivity index (χ1) is 24.5. The highest BCUT2D eigenvalue weighted by atomic mass is 16.5. The van der Waals surface area contributed by atoms with Gasteiger partial charge in [0.25, 0.3) is 5.91 Å². The van der Waals surface area contributed by atoms with Gasteiger partial charge in [-0.25, -0.2) is 4.98 Å². The van der Waals surface area contributed by atoms with Crippen molar-refractivity contribution in [1.29, 1.82) is 0 Å². The SMILES string of the molecule is COCCN(C)C(=O)c1cn(C(c2cnc[nH]2)C(C(=O)OCc2cccc3ccccc23)C2CCNCC2)cc1-c1cccc2ccccc12. The van der Waals surface area contributed by atoms with Gasteiger partial charge in [-0.2, -0.15) is 0 Å². The second-order valence-corrected chi connectivity index (χ2v) is 13.1. The van der Waals surface area contributed by atoms with Crippen molar-refractivity contribution in [2.45, 2.75) is 25.5 Å². The number of carbonyl (C=O) groups excluding carboxylic acids is 2. The molecule has 9 nitrogen and oxygen atoms in total. The summed E-state index contributed by atoms with van der Waals surface area (Å²) in [6.07, 6.45) is 8.99. The molecule has 1 aliphatic heterocycles. The molecule has 1 saturated heterocycles. The summed E-state index contributed by atoms with van der Waals surface area (Å²) >= 11 is 0. The van der Waals surface area contributed by atoms with Gasteiger partial charge in [-0.15, -0.1) is 0 Å². The van der Waals surface area contributed by atoms with E-state index in [-0.39, 0.29) is 24.4 Å². The Morgan fingerprint density at radius 2 is 1.60 bits per heavy atom. The van der Waals surface area contributed by atoms with E-state index in [9.17, 15) is 9.59 Å². The van der Waals surface area contributed by atoms with Gasteiger partial charge in [0, 0.05) is 38.7 Å². The summed E-state index contributed by atoms with van der Waals surface area (Å²) in [5.74, 6) is -0.898. The Balaban J connectivity index is 1.33. The zero-order chi connectivity index (χ0) is 34.5. The average Bonchev–Trinajstić information content (AvgIpc) is 3.86. The van der Waals surface area contributed by atoms with Crippen molar-refractivity contribution in [3.8, 4) is 11.1 Å². The highest BCUT2D eigenvalue weighted by Crippen LogP contribution is 2.40. The Labute approximate surface area is 292 Å². The van der Waals surface area contributed by atoms with Crippen LogP contribution in [0.2, 0.25) is 0 Å². The Hall–Kier alpha value is -5.25. The molecule has 3 heterocycles. The van der Waals surface area contributed by atoms with E-state index in [2.05, 4.69) is 57.7 Å². The van der Waals surface area contributed by atoms with Gasteiger partial charge in [-0.05, 0) is 64.5 Å². The number of fused-ring (bicyclic) bond motifs is 2. The maximum Gasteiger partial charge on any atom is 0.312 e. The van der Waals surface area contributed by atoms with Crippen molar-refractivity contribution in [1.82, 2.24) is 24.8 Å². The Kier molecular flexibility index (Phi) is 10.0. The van der Waals surface area contributed by atoms with Crippen LogP contribution in [0.3, 0.4) is 0 Å². The van der Waals surface area contributed by atoms with Crippen molar-refractivity contribution in [2.75, 3.05) is 40.4 Å². The largest absolute Gasteiger partial charge is 0.460 e. The van der Waals surface area contributed by atoms with Crippen LogP contribution in [0.5, 0.6) is 0 Å². The van der Waals surface area contributed by atoms with E-state index >= 15 is 0 Å². The lowest BCUT2D eigenvalue weighted by atomic mass is 9.79. The molecule has 1 aliphatic rings. The first-order valence-electron chi connectivity index (χ1n) is 17.3. The molecule has 0 bridgehead atoms. The number of H-pyrrole nitrogens is 1. The van der Waals surface area contributed by atoms with Crippen LogP contribution >= 0.6 is 0 Å². The highest BCUT2D eigenvalue weighted by Gasteiger charge is 2.40. The smallest absolute Gasteiger partial charge is 0.312 e. The van der Waals surface area contributed by atoms with Gasteiger partial charge in [-0.1, -0.05) is 84.9 Å². The molecule has 0 radical (unpaired) electrons. The summed E-state index contributed by atoms with van der Waals surface area (Å²) in [7, 11) is 3.42. The summed E-state index contributed by atoms with van der Waals surface area (Å²) in [5, 5.41) is 7.75. The molecular formula is C41H43N5O4. The maximum absolute atomic E-state index is 14.6. The molecule has 2 atom stereocenters. The van der Waals surface area contributed by atoms with Gasteiger partial charge < -0.3 is 29.2 Å². The number of piperidine rings is 1. The standard InChI is InChI=1S/C41H43N5O4/c1-45(21-22-49-2)40(47)36-25-46(24-35(36)34-16-8-12-29-10-4-6-15-33(29)34)39(37-23-43-27-44-37)38(30-17-19-42-20-18-30)41(48)50-26-31-13-7-11-28-9-3-5-14-32(28)31/h3-16,23-25,27,30,38-39,42H,17-22,26H2,1-2H3,(H,43,44). The third kappa shape index (κ3) is 6.79. The quantitative estimate of drug-likeness (QED) is 0.138. The molecule has 50 heavy (non-hydrogen) atoms. The highest BCUT2D eigenvalue weighted by molar-refractivity contribution is 6.06. The molecule has 2 aromatic heterocycles. The molecule has 2 unspecified atom stereocenters. The molecule has 1 fully saturated rings. The lowest BCUT2D eigenvalue weighted by Gasteiger charge is -2.35. The summed E-state index contributed by atoms with van der Waals surface area (Å²) < 4.78 is 13.6. The second kappa shape index (κ2) is 15.1. The van der Waals surface area contributed by atoms with Crippen molar-refractivity contribution in [2.24, 2.45) is 11.8 Å². The third-order valence-corrected chi connectivity index (χ3v) is 10.0. The van der Waals surface area contributed by atoms with Crippen LogP contribution in [-0.4, -0.2) is 71.7 Å². The number of amides is 1. The first kappa shape index (κ1) is 33.3. The van der Waals surface area contributed by atoms with Gasteiger partial charge in [0.15, 0.2) is 0 Å². The predicted octanol–water partition coefficient (Wildman–Crippen LogP) is 6.85. The number of methoxy groups -OCH3 is 1. The molecule has 6 aromatic rings. The monoisotopic (exact) mass is 669 g/mol. The Morgan fingerprint density at radius 3 is 2.34 bits per heavy atom. The summed E-state index contributed by atoms with van der Waals surface area (Å²) in [6.45, 7) is 2.66. The minimum atomic E-state index is -0.547.